The van der Waals surface area contributed by atoms with E-state index in [1.54, 1.807) is 0 Å². The van der Waals surface area contributed by atoms with E-state index in [1.165, 1.54) is 0 Å². The maximum absolute atomic E-state index is 9.72. The molecule has 18 heavy (non-hydrogen) atoms. The molecule has 0 saturated heterocycles. The summed E-state index contributed by atoms with van der Waals surface area (Å²) in [6, 6.07) is 17.5. The Morgan fingerprint density at radius 3 is 1.94 bits per heavy atom. The first-order valence-electron chi connectivity index (χ1n) is 6.03. The van der Waals surface area contributed by atoms with E-state index in [1.807, 2.05) is 55.5 Å². The molecular weight excluding hydrogens is 222 g/mol. The zero-order valence-corrected chi connectivity index (χ0v) is 10.3. The minimum absolute atomic E-state index is 0.389. The number of hydrogen-bond acceptors (Lipinski definition) is 2. The maximum Gasteiger partial charge on any atom is 0.0991 e. The molecule has 2 nitrogen and oxygen atoms in total. The third-order valence-electron chi connectivity index (χ3n) is 3.03. The molecule has 0 aliphatic heterocycles. The lowest BCUT2D eigenvalue weighted by molar-refractivity contribution is 0.173. The fourth-order valence-corrected chi connectivity index (χ4v) is 1.87. The Morgan fingerprint density at radius 2 is 1.50 bits per heavy atom. The van der Waals surface area contributed by atoms with Crippen molar-refractivity contribution in [3.05, 3.63) is 59.7 Å². The van der Waals surface area contributed by atoms with E-state index < -0.39 is 0 Å². The van der Waals surface area contributed by atoms with Gasteiger partial charge in [0.05, 0.1) is 17.7 Å². The van der Waals surface area contributed by atoms with Crippen molar-refractivity contribution in [2.24, 2.45) is 0 Å². The topological polar surface area (TPSA) is 44.0 Å². The van der Waals surface area contributed by atoms with Crippen LogP contribution in [0, 0.1) is 11.3 Å². The zero-order chi connectivity index (χ0) is 13.0. The summed E-state index contributed by atoms with van der Waals surface area (Å²) in [4.78, 5) is 0. The van der Waals surface area contributed by atoms with Crippen LogP contribution in [-0.2, 0) is 0 Å². The van der Waals surface area contributed by atoms with Gasteiger partial charge < -0.3 is 5.11 Å². The lowest BCUT2D eigenvalue weighted by Gasteiger charge is -2.09. The highest BCUT2D eigenvalue weighted by Crippen LogP contribution is 2.23. The van der Waals surface area contributed by atoms with E-state index in [0.717, 1.165) is 23.1 Å². The fraction of sp³-hybridized carbons (Fsp3) is 0.188. The first-order valence-corrected chi connectivity index (χ1v) is 6.03. The number of hydrogen-bond donors (Lipinski definition) is 1. The Hall–Kier alpha value is -2.11. The highest BCUT2D eigenvalue weighted by molar-refractivity contribution is 5.64. The lowest BCUT2D eigenvalue weighted by Crippen LogP contribution is -1.94. The highest BCUT2D eigenvalue weighted by Gasteiger charge is 2.04. The van der Waals surface area contributed by atoms with Gasteiger partial charge in [-0.1, -0.05) is 43.3 Å². The summed E-state index contributed by atoms with van der Waals surface area (Å²) in [6.45, 7) is 1.96. The number of aliphatic hydroxyl groups is 1. The van der Waals surface area contributed by atoms with Gasteiger partial charge in [-0.2, -0.15) is 5.26 Å². The summed E-state index contributed by atoms with van der Waals surface area (Å²) in [5, 5.41) is 18.5. The fourth-order valence-electron chi connectivity index (χ4n) is 1.87. The van der Waals surface area contributed by atoms with Gasteiger partial charge in [0, 0.05) is 0 Å². The van der Waals surface area contributed by atoms with Crippen LogP contribution in [0.4, 0.5) is 0 Å². The SMILES string of the molecule is CCC(O)c1ccc(-c2ccc(C#N)cc2)cc1. The van der Waals surface area contributed by atoms with Gasteiger partial charge in [0.2, 0.25) is 0 Å². The van der Waals surface area contributed by atoms with Crippen molar-refractivity contribution in [1.29, 1.82) is 5.26 Å². The van der Waals surface area contributed by atoms with Crippen LogP contribution < -0.4 is 0 Å². The second-order valence-corrected chi connectivity index (χ2v) is 4.24. The summed E-state index contributed by atoms with van der Waals surface area (Å²) in [6.07, 6.45) is 0.330. The number of nitriles is 1. The molecule has 0 aliphatic rings. The molecule has 90 valence electrons. The van der Waals surface area contributed by atoms with Crippen LogP contribution in [0.2, 0.25) is 0 Å². The Morgan fingerprint density at radius 1 is 1.00 bits per heavy atom. The predicted octanol–water partition coefficient (Wildman–Crippen LogP) is 3.67. The molecule has 1 unspecified atom stereocenters. The van der Waals surface area contributed by atoms with E-state index in [2.05, 4.69) is 6.07 Å². The van der Waals surface area contributed by atoms with Crippen molar-refractivity contribution in [3.8, 4) is 17.2 Å². The Balaban J connectivity index is 2.26. The summed E-state index contributed by atoms with van der Waals surface area (Å²) in [5.74, 6) is 0. The van der Waals surface area contributed by atoms with E-state index in [-0.39, 0.29) is 6.10 Å². The molecule has 1 atom stereocenters. The average Bonchev–Trinajstić information content (AvgIpc) is 2.47. The van der Waals surface area contributed by atoms with Gasteiger partial charge in [-0.05, 0) is 35.2 Å². The molecule has 0 fully saturated rings. The Bertz CT molecular complexity index is 549. The molecule has 0 saturated carbocycles. The van der Waals surface area contributed by atoms with Crippen molar-refractivity contribution >= 4 is 0 Å². The summed E-state index contributed by atoms with van der Waals surface area (Å²) in [7, 11) is 0. The zero-order valence-electron chi connectivity index (χ0n) is 10.3. The minimum Gasteiger partial charge on any atom is -0.388 e. The van der Waals surface area contributed by atoms with Gasteiger partial charge >= 0.3 is 0 Å². The van der Waals surface area contributed by atoms with Crippen molar-refractivity contribution in [1.82, 2.24) is 0 Å². The summed E-state index contributed by atoms with van der Waals surface area (Å²) >= 11 is 0. The number of nitrogens with zero attached hydrogens (tertiary/aromatic N) is 1. The Labute approximate surface area is 107 Å². The van der Waals surface area contributed by atoms with Gasteiger partial charge in [-0.25, -0.2) is 0 Å². The summed E-state index contributed by atoms with van der Waals surface area (Å²) in [5.41, 5.74) is 3.77. The monoisotopic (exact) mass is 237 g/mol. The van der Waals surface area contributed by atoms with Gasteiger partial charge in [0.25, 0.3) is 0 Å². The molecule has 2 heteroatoms. The predicted molar refractivity (Wildman–Crippen MR) is 71.8 cm³/mol. The van der Waals surface area contributed by atoms with Gasteiger partial charge in [0.1, 0.15) is 0 Å². The van der Waals surface area contributed by atoms with Crippen molar-refractivity contribution in [2.75, 3.05) is 0 Å². The van der Waals surface area contributed by atoms with E-state index in [9.17, 15) is 5.11 Å². The van der Waals surface area contributed by atoms with Crippen LogP contribution in [0.15, 0.2) is 48.5 Å². The van der Waals surface area contributed by atoms with Crippen LogP contribution in [-0.4, -0.2) is 5.11 Å². The third-order valence-corrected chi connectivity index (χ3v) is 3.03. The second-order valence-electron chi connectivity index (χ2n) is 4.24. The molecular formula is C16H15NO. The van der Waals surface area contributed by atoms with Crippen LogP contribution >= 0.6 is 0 Å². The quantitative estimate of drug-likeness (QED) is 0.885. The molecule has 1 N–H and O–H groups in total. The van der Waals surface area contributed by atoms with Crippen molar-refractivity contribution in [2.45, 2.75) is 19.4 Å². The molecule has 0 bridgehead atoms. The normalized spacial score (nSPS) is 11.8. The van der Waals surface area contributed by atoms with Gasteiger partial charge in [0.15, 0.2) is 0 Å². The van der Waals surface area contributed by atoms with E-state index in [0.29, 0.717) is 5.56 Å². The molecule has 0 aliphatic carbocycles. The highest BCUT2D eigenvalue weighted by atomic mass is 16.3. The average molecular weight is 237 g/mol. The molecule has 0 spiro atoms. The second kappa shape index (κ2) is 5.48. The van der Waals surface area contributed by atoms with Crippen LogP contribution in [0.3, 0.4) is 0 Å². The van der Waals surface area contributed by atoms with Crippen LogP contribution in [0.5, 0.6) is 0 Å². The molecule has 0 radical (unpaired) electrons. The molecule has 2 rings (SSSR count). The lowest BCUT2D eigenvalue weighted by atomic mass is 10.0. The summed E-state index contributed by atoms with van der Waals surface area (Å²) < 4.78 is 0. The molecule has 2 aromatic carbocycles. The maximum atomic E-state index is 9.72. The minimum atomic E-state index is -0.389. The standard InChI is InChI=1S/C16H15NO/c1-2-16(18)15-9-7-14(8-10-15)13-5-3-12(11-17)4-6-13/h3-10,16,18H,2H2,1H3. The largest absolute Gasteiger partial charge is 0.388 e. The third kappa shape index (κ3) is 2.58. The van der Waals surface area contributed by atoms with E-state index in [4.69, 9.17) is 5.26 Å². The van der Waals surface area contributed by atoms with Crippen LogP contribution in [0.25, 0.3) is 11.1 Å². The molecule has 2 aromatic rings. The van der Waals surface area contributed by atoms with Crippen molar-refractivity contribution in [3.63, 3.8) is 0 Å². The van der Waals surface area contributed by atoms with Crippen LogP contribution in [0.1, 0.15) is 30.6 Å². The molecule has 0 heterocycles. The first-order chi connectivity index (χ1) is 8.74. The Kier molecular flexibility index (Phi) is 3.76. The van der Waals surface area contributed by atoms with E-state index >= 15 is 0 Å². The molecule has 0 aromatic heterocycles. The van der Waals surface area contributed by atoms with Gasteiger partial charge in [-0.15, -0.1) is 0 Å². The van der Waals surface area contributed by atoms with Gasteiger partial charge in [-0.3, -0.25) is 0 Å². The number of benzene rings is 2. The first kappa shape index (κ1) is 12.3. The van der Waals surface area contributed by atoms with Crippen molar-refractivity contribution < 1.29 is 5.11 Å². The molecule has 0 amide bonds. The number of aliphatic hydroxyl groups excluding tert-OH is 1. The smallest absolute Gasteiger partial charge is 0.0991 e. The number of rotatable bonds is 3.